The smallest absolute Gasteiger partial charge is 0.280 e. The lowest BCUT2D eigenvalue weighted by atomic mass is 10.3. The van der Waals surface area contributed by atoms with Crippen molar-refractivity contribution in [2.45, 2.75) is 0 Å². The number of nitrogens with zero attached hydrogens (tertiary/aromatic N) is 6. The van der Waals surface area contributed by atoms with E-state index >= 15 is 0 Å². The third-order valence-electron chi connectivity index (χ3n) is 2.32. The lowest BCUT2D eigenvalue weighted by molar-refractivity contribution is 0.431. The summed E-state index contributed by atoms with van der Waals surface area (Å²) in [4.78, 5) is 12.2. The molecule has 0 bridgehead atoms. The van der Waals surface area contributed by atoms with E-state index in [9.17, 15) is 0 Å². The number of nitrogens with two attached hydrogens (primary N) is 1. The number of aryl methyl sites for hydroxylation is 1. The molecule has 0 aliphatic rings. The monoisotopic (exact) mass is 243 g/mol. The molecule has 18 heavy (non-hydrogen) atoms. The van der Waals surface area contributed by atoms with E-state index in [2.05, 4.69) is 25.2 Å². The first-order valence-electron chi connectivity index (χ1n) is 5.13. The molecule has 0 saturated carbocycles. The maximum Gasteiger partial charge on any atom is 0.280 e. The number of aromatic nitrogens is 6. The Labute approximate surface area is 101 Å². The second-order valence-corrected chi connectivity index (χ2v) is 3.62. The molecule has 3 rings (SSSR count). The lowest BCUT2D eigenvalue weighted by Gasteiger charge is -1.95. The molecular formula is C10H9N7O. The van der Waals surface area contributed by atoms with Gasteiger partial charge in [-0.3, -0.25) is 4.68 Å². The molecule has 90 valence electrons. The standard InChI is InChI=1S/C10H9N7O/c1-17-5-6(4-14-17)9-15-10(18-16-9)7-8(11)13-3-2-12-7/h2-5H,1H3,(H2,11,13). The minimum Gasteiger partial charge on any atom is -0.382 e. The molecule has 3 aromatic heterocycles. The first-order valence-corrected chi connectivity index (χ1v) is 5.13. The summed E-state index contributed by atoms with van der Waals surface area (Å²) in [5, 5.41) is 7.89. The number of anilines is 1. The van der Waals surface area contributed by atoms with Gasteiger partial charge in [0.05, 0.1) is 11.8 Å². The Hall–Kier alpha value is -2.77. The van der Waals surface area contributed by atoms with Gasteiger partial charge >= 0.3 is 0 Å². The zero-order valence-corrected chi connectivity index (χ0v) is 9.48. The maximum atomic E-state index is 5.69. The van der Waals surface area contributed by atoms with Crippen LogP contribution in [0.5, 0.6) is 0 Å². The van der Waals surface area contributed by atoms with Gasteiger partial charge < -0.3 is 10.3 Å². The number of rotatable bonds is 2. The summed E-state index contributed by atoms with van der Waals surface area (Å²) in [5.74, 6) is 0.918. The summed E-state index contributed by atoms with van der Waals surface area (Å²) in [7, 11) is 1.81. The predicted octanol–water partition coefficient (Wildman–Crippen LogP) is 0.509. The van der Waals surface area contributed by atoms with Crippen molar-refractivity contribution in [3.05, 3.63) is 24.8 Å². The van der Waals surface area contributed by atoms with Gasteiger partial charge in [0.2, 0.25) is 5.82 Å². The van der Waals surface area contributed by atoms with Crippen molar-refractivity contribution in [3.63, 3.8) is 0 Å². The van der Waals surface area contributed by atoms with E-state index < -0.39 is 0 Å². The molecule has 8 heteroatoms. The minimum atomic E-state index is 0.236. The fourth-order valence-electron chi connectivity index (χ4n) is 1.49. The van der Waals surface area contributed by atoms with E-state index in [1.807, 2.05) is 7.05 Å². The molecule has 0 saturated heterocycles. The summed E-state index contributed by atoms with van der Waals surface area (Å²) in [5.41, 5.74) is 6.82. The second-order valence-electron chi connectivity index (χ2n) is 3.62. The topological polar surface area (TPSA) is 109 Å². The Bertz CT molecular complexity index is 687. The van der Waals surface area contributed by atoms with E-state index in [1.54, 1.807) is 17.1 Å². The van der Waals surface area contributed by atoms with Gasteiger partial charge in [0.15, 0.2) is 11.5 Å². The summed E-state index contributed by atoms with van der Waals surface area (Å²) in [6.07, 6.45) is 6.44. The molecule has 3 aromatic rings. The zero-order valence-electron chi connectivity index (χ0n) is 9.48. The van der Waals surface area contributed by atoms with Gasteiger partial charge in [-0.25, -0.2) is 9.97 Å². The van der Waals surface area contributed by atoms with Crippen molar-refractivity contribution in [3.8, 4) is 23.0 Å². The molecule has 0 atom stereocenters. The van der Waals surface area contributed by atoms with E-state index in [1.165, 1.54) is 12.4 Å². The van der Waals surface area contributed by atoms with Crippen LogP contribution in [0.1, 0.15) is 0 Å². The van der Waals surface area contributed by atoms with Crippen LogP contribution in [0.2, 0.25) is 0 Å². The van der Waals surface area contributed by atoms with Gasteiger partial charge in [0.25, 0.3) is 5.89 Å². The second kappa shape index (κ2) is 3.91. The molecule has 0 aromatic carbocycles. The van der Waals surface area contributed by atoms with Crippen molar-refractivity contribution >= 4 is 5.82 Å². The van der Waals surface area contributed by atoms with Crippen molar-refractivity contribution < 1.29 is 4.52 Å². The van der Waals surface area contributed by atoms with E-state index in [0.29, 0.717) is 11.5 Å². The van der Waals surface area contributed by atoms with Crippen molar-refractivity contribution in [2.75, 3.05) is 5.73 Å². The van der Waals surface area contributed by atoms with Crippen LogP contribution in [-0.2, 0) is 7.05 Å². The molecular weight excluding hydrogens is 234 g/mol. The number of nitrogen functional groups attached to an aromatic ring is 1. The van der Waals surface area contributed by atoms with Gasteiger partial charge in [-0.1, -0.05) is 5.16 Å². The minimum absolute atomic E-state index is 0.236. The van der Waals surface area contributed by atoms with Crippen LogP contribution in [-0.4, -0.2) is 29.9 Å². The molecule has 2 N–H and O–H groups in total. The summed E-state index contributed by atoms with van der Waals surface area (Å²) < 4.78 is 6.77. The molecule has 3 heterocycles. The van der Waals surface area contributed by atoms with Crippen molar-refractivity contribution in [1.82, 2.24) is 29.9 Å². The molecule has 8 nitrogen and oxygen atoms in total. The fraction of sp³-hybridized carbons (Fsp3) is 0.100. The highest BCUT2D eigenvalue weighted by Crippen LogP contribution is 2.22. The SMILES string of the molecule is Cn1cc(-c2noc(-c3nccnc3N)n2)cn1. The quantitative estimate of drug-likeness (QED) is 0.698. The molecule has 0 aliphatic heterocycles. The molecule has 0 unspecified atom stereocenters. The highest BCUT2D eigenvalue weighted by molar-refractivity contribution is 5.63. The van der Waals surface area contributed by atoms with E-state index in [-0.39, 0.29) is 11.7 Å². The Balaban J connectivity index is 2.02. The third kappa shape index (κ3) is 1.69. The van der Waals surface area contributed by atoms with Crippen LogP contribution in [0.4, 0.5) is 5.82 Å². The van der Waals surface area contributed by atoms with Crippen molar-refractivity contribution in [1.29, 1.82) is 0 Å². The normalized spacial score (nSPS) is 10.7. The highest BCUT2D eigenvalue weighted by Gasteiger charge is 2.15. The maximum absolute atomic E-state index is 5.69. The zero-order chi connectivity index (χ0) is 12.5. The largest absolute Gasteiger partial charge is 0.382 e. The predicted molar refractivity (Wildman–Crippen MR) is 61.9 cm³/mol. The van der Waals surface area contributed by atoms with Crippen molar-refractivity contribution in [2.24, 2.45) is 7.05 Å². The number of hydrogen-bond donors (Lipinski definition) is 1. The Morgan fingerprint density at radius 3 is 2.83 bits per heavy atom. The third-order valence-corrected chi connectivity index (χ3v) is 2.32. The van der Waals surface area contributed by atoms with Crippen LogP contribution in [0.15, 0.2) is 29.3 Å². The van der Waals surface area contributed by atoms with Crippen LogP contribution in [0.25, 0.3) is 23.0 Å². The first-order chi connectivity index (χ1) is 8.74. The van der Waals surface area contributed by atoms with Gasteiger partial charge in [-0.05, 0) is 0 Å². The van der Waals surface area contributed by atoms with Crippen LogP contribution >= 0.6 is 0 Å². The lowest BCUT2D eigenvalue weighted by Crippen LogP contribution is -1.95. The van der Waals surface area contributed by atoms with Gasteiger partial charge in [-0.2, -0.15) is 10.1 Å². The Morgan fingerprint density at radius 1 is 1.28 bits per heavy atom. The van der Waals surface area contributed by atoms with E-state index in [4.69, 9.17) is 10.3 Å². The van der Waals surface area contributed by atoms with Gasteiger partial charge in [0, 0.05) is 25.6 Å². The summed E-state index contributed by atoms with van der Waals surface area (Å²) >= 11 is 0. The van der Waals surface area contributed by atoms with Gasteiger partial charge in [-0.15, -0.1) is 0 Å². The average molecular weight is 243 g/mol. The molecule has 0 spiro atoms. The Kier molecular flexibility index (Phi) is 2.26. The molecule has 0 fully saturated rings. The molecule has 0 aliphatic carbocycles. The molecule has 0 amide bonds. The van der Waals surface area contributed by atoms with Crippen LogP contribution in [0, 0.1) is 0 Å². The molecule has 0 radical (unpaired) electrons. The fourth-order valence-corrected chi connectivity index (χ4v) is 1.49. The van der Waals surface area contributed by atoms with Crippen LogP contribution < -0.4 is 5.73 Å². The summed E-state index contributed by atoms with van der Waals surface area (Å²) in [6.45, 7) is 0. The Morgan fingerprint density at radius 2 is 2.11 bits per heavy atom. The van der Waals surface area contributed by atoms with Crippen LogP contribution in [0.3, 0.4) is 0 Å². The first kappa shape index (κ1) is 10.4. The summed E-state index contributed by atoms with van der Waals surface area (Å²) in [6, 6.07) is 0. The number of hydrogen-bond acceptors (Lipinski definition) is 7. The average Bonchev–Trinajstić information content (AvgIpc) is 2.98. The highest BCUT2D eigenvalue weighted by atomic mass is 16.5. The van der Waals surface area contributed by atoms with Gasteiger partial charge in [0.1, 0.15) is 0 Å². The van der Waals surface area contributed by atoms with E-state index in [0.717, 1.165) is 5.56 Å².